The number of nitrogens with one attached hydrogen (secondary N) is 1. The monoisotopic (exact) mass is 298 g/mol. The molecule has 0 aromatic heterocycles. The maximum Gasteiger partial charge on any atom is 0.331 e. The fourth-order valence-corrected chi connectivity index (χ4v) is 1.47. The van der Waals surface area contributed by atoms with E-state index in [2.05, 4.69) is 5.32 Å². The van der Waals surface area contributed by atoms with Gasteiger partial charge in [0.15, 0.2) is 0 Å². The number of nitrogens with zero attached hydrogens (tertiary/aromatic N) is 1. The fourth-order valence-electron chi connectivity index (χ4n) is 1.29. The van der Waals surface area contributed by atoms with Gasteiger partial charge >= 0.3 is 5.97 Å². The van der Waals surface area contributed by atoms with Gasteiger partial charge in [-0.15, -0.1) is 0 Å². The summed E-state index contributed by atoms with van der Waals surface area (Å²) in [5, 5.41) is 21.8. The first-order valence-corrected chi connectivity index (χ1v) is 5.78. The highest BCUT2D eigenvalue weighted by atomic mass is 35.5. The highest BCUT2D eigenvalue weighted by molar-refractivity contribution is 6.32. The summed E-state index contributed by atoms with van der Waals surface area (Å²) in [6, 6.07) is 3.76. The van der Waals surface area contributed by atoms with Crippen molar-refractivity contribution in [2.45, 2.75) is 13.8 Å². The Bertz CT molecular complexity index is 624. The van der Waals surface area contributed by atoms with Crippen LogP contribution in [0, 0.1) is 10.1 Å². The van der Waals surface area contributed by atoms with Crippen LogP contribution in [0.5, 0.6) is 0 Å². The SMILES string of the molecule is CC(C(=O)O)=C(C)C(=O)Nc1ccc(Cl)c([N+](=O)[O-])c1. The summed E-state index contributed by atoms with van der Waals surface area (Å²) in [5.41, 5.74) is -0.286. The number of halogens is 1. The van der Waals surface area contributed by atoms with Crippen LogP contribution < -0.4 is 5.32 Å². The molecule has 0 atom stereocenters. The molecule has 8 heteroatoms. The summed E-state index contributed by atoms with van der Waals surface area (Å²) in [7, 11) is 0. The van der Waals surface area contributed by atoms with Gasteiger partial charge in [-0.1, -0.05) is 11.6 Å². The highest BCUT2D eigenvalue weighted by Crippen LogP contribution is 2.27. The zero-order valence-electron chi connectivity index (χ0n) is 10.6. The quantitative estimate of drug-likeness (QED) is 0.504. The van der Waals surface area contributed by atoms with Gasteiger partial charge in [0.2, 0.25) is 0 Å². The molecule has 2 N–H and O–H groups in total. The van der Waals surface area contributed by atoms with Crippen LogP contribution in [-0.4, -0.2) is 21.9 Å². The van der Waals surface area contributed by atoms with Crippen LogP contribution in [0.2, 0.25) is 5.02 Å². The number of carbonyl (C=O) groups excluding carboxylic acids is 1. The molecule has 0 aliphatic heterocycles. The number of carbonyl (C=O) groups is 2. The van der Waals surface area contributed by atoms with Crippen LogP contribution in [0.3, 0.4) is 0 Å². The normalized spacial score (nSPS) is 11.6. The van der Waals surface area contributed by atoms with E-state index in [-0.39, 0.29) is 27.5 Å². The molecular formula is C12H11ClN2O5. The minimum Gasteiger partial charge on any atom is -0.478 e. The third-order valence-electron chi connectivity index (χ3n) is 2.62. The van der Waals surface area contributed by atoms with Crippen LogP contribution >= 0.6 is 11.6 Å². The Morgan fingerprint density at radius 2 is 1.90 bits per heavy atom. The van der Waals surface area contributed by atoms with Gasteiger partial charge in [0, 0.05) is 22.9 Å². The summed E-state index contributed by atoms with van der Waals surface area (Å²) in [4.78, 5) is 32.6. The molecule has 20 heavy (non-hydrogen) atoms. The summed E-state index contributed by atoms with van der Waals surface area (Å²) in [6.07, 6.45) is 0. The van der Waals surface area contributed by atoms with E-state index in [0.29, 0.717) is 0 Å². The summed E-state index contributed by atoms with van der Waals surface area (Å²) >= 11 is 5.64. The van der Waals surface area contributed by atoms with E-state index in [9.17, 15) is 19.7 Å². The van der Waals surface area contributed by atoms with E-state index < -0.39 is 16.8 Å². The number of benzene rings is 1. The summed E-state index contributed by atoms with van der Waals surface area (Å²) in [5.74, 6) is -1.86. The second-order valence-corrected chi connectivity index (χ2v) is 4.34. The Morgan fingerprint density at radius 3 is 2.40 bits per heavy atom. The van der Waals surface area contributed by atoms with E-state index in [0.717, 1.165) is 6.07 Å². The number of rotatable bonds is 4. The van der Waals surface area contributed by atoms with Crippen molar-refractivity contribution in [3.05, 3.63) is 44.5 Å². The van der Waals surface area contributed by atoms with Crippen molar-refractivity contribution in [1.29, 1.82) is 0 Å². The van der Waals surface area contributed by atoms with E-state index in [1.165, 1.54) is 26.0 Å². The van der Waals surface area contributed by atoms with Gasteiger partial charge in [0.05, 0.1) is 4.92 Å². The van der Waals surface area contributed by atoms with Gasteiger partial charge in [0.25, 0.3) is 11.6 Å². The Kier molecular flexibility index (Phi) is 4.82. The number of nitro groups is 1. The first-order chi connectivity index (χ1) is 9.23. The lowest BCUT2D eigenvalue weighted by atomic mass is 10.1. The molecule has 1 aromatic carbocycles. The Hall–Kier alpha value is -2.41. The van der Waals surface area contributed by atoms with E-state index in [4.69, 9.17) is 16.7 Å². The molecule has 0 radical (unpaired) electrons. The van der Waals surface area contributed by atoms with Gasteiger partial charge in [-0.2, -0.15) is 0 Å². The van der Waals surface area contributed by atoms with Crippen molar-refractivity contribution in [2.24, 2.45) is 0 Å². The highest BCUT2D eigenvalue weighted by Gasteiger charge is 2.16. The van der Waals surface area contributed by atoms with E-state index in [1.807, 2.05) is 0 Å². The third-order valence-corrected chi connectivity index (χ3v) is 2.94. The fraction of sp³-hybridized carbons (Fsp3) is 0.167. The molecule has 7 nitrogen and oxygen atoms in total. The number of anilines is 1. The maximum absolute atomic E-state index is 11.8. The van der Waals surface area contributed by atoms with Gasteiger partial charge in [-0.05, 0) is 26.0 Å². The molecule has 0 aliphatic carbocycles. The van der Waals surface area contributed by atoms with Gasteiger partial charge in [-0.3, -0.25) is 14.9 Å². The zero-order valence-corrected chi connectivity index (χ0v) is 11.4. The third kappa shape index (κ3) is 3.55. The number of nitro benzene ring substituents is 1. The van der Waals surface area contributed by atoms with Crippen molar-refractivity contribution in [2.75, 3.05) is 5.32 Å². The van der Waals surface area contributed by atoms with E-state index >= 15 is 0 Å². The van der Waals surface area contributed by atoms with Gasteiger partial charge in [-0.25, -0.2) is 4.79 Å². The summed E-state index contributed by atoms with van der Waals surface area (Å²) in [6.45, 7) is 2.64. The Labute approximate surface area is 119 Å². The van der Waals surface area contributed by atoms with Crippen LogP contribution in [0.4, 0.5) is 11.4 Å². The lowest BCUT2D eigenvalue weighted by Crippen LogP contribution is -2.16. The number of aliphatic carboxylic acids is 1. The molecule has 0 fully saturated rings. The first-order valence-electron chi connectivity index (χ1n) is 5.40. The van der Waals surface area contributed by atoms with Crippen molar-refractivity contribution in [3.8, 4) is 0 Å². The minimum absolute atomic E-state index is 0.00935. The Balaban J connectivity index is 3.03. The standard InChI is InChI=1S/C12H11ClN2O5/c1-6(7(2)12(17)18)11(16)14-8-3-4-9(13)10(5-8)15(19)20/h3-5H,1-2H3,(H,14,16)(H,17,18). The Morgan fingerprint density at radius 1 is 1.30 bits per heavy atom. The number of amides is 1. The largest absolute Gasteiger partial charge is 0.478 e. The molecule has 1 rings (SSSR count). The molecule has 0 heterocycles. The second kappa shape index (κ2) is 6.16. The minimum atomic E-state index is -1.21. The van der Waals surface area contributed by atoms with Crippen LogP contribution in [-0.2, 0) is 9.59 Å². The number of hydrogen-bond acceptors (Lipinski definition) is 4. The molecule has 106 valence electrons. The predicted octanol–water partition coefficient (Wildman–Crippen LogP) is 2.61. The van der Waals surface area contributed by atoms with Crippen LogP contribution in [0.25, 0.3) is 0 Å². The van der Waals surface area contributed by atoms with Crippen molar-refractivity contribution in [3.63, 3.8) is 0 Å². The molecule has 0 spiro atoms. The molecule has 1 amide bonds. The molecule has 0 unspecified atom stereocenters. The topological polar surface area (TPSA) is 110 Å². The van der Waals surface area contributed by atoms with Crippen LogP contribution in [0.1, 0.15) is 13.8 Å². The lowest BCUT2D eigenvalue weighted by molar-refractivity contribution is -0.384. The summed E-state index contributed by atoms with van der Waals surface area (Å²) < 4.78 is 0. The van der Waals surface area contributed by atoms with Crippen LogP contribution in [0.15, 0.2) is 29.3 Å². The molecule has 0 bridgehead atoms. The van der Waals surface area contributed by atoms with Crippen molar-refractivity contribution >= 4 is 34.9 Å². The molecule has 0 saturated carbocycles. The lowest BCUT2D eigenvalue weighted by Gasteiger charge is -2.07. The average Bonchev–Trinajstić information content (AvgIpc) is 2.38. The van der Waals surface area contributed by atoms with E-state index in [1.54, 1.807) is 0 Å². The number of carboxylic acid groups (broad SMARTS) is 1. The molecular weight excluding hydrogens is 288 g/mol. The second-order valence-electron chi connectivity index (χ2n) is 3.93. The van der Waals surface area contributed by atoms with Crippen molar-refractivity contribution < 1.29 is 19.6 Å². The van der Waals surface area contributed by atoms with Gasteiger partial charge in [0.1, 0.15) is 5.02 Å². The molecule has 0 aliphatic rings. The smallest absolute Gasteiger partial charge is 0.331 e. The predicted molar refractivity (Wildman–Crippen MR) is 72.7 cm³/mol. The molecule has 0 saturated heterocycles. The zero-order chi connectivity index (χ0) is 15.4. The van der Waals surface area contributed by atoms with Gasteiger partial charge < -0.3 is 10.4 Å². The first kappa shape index (κ1) is 15.6. The molecule has 1 aromatic rings. The number of carboxylic acids is 1. The maximum atomic E-state index is 11.8. The number of hydrogen-bond donors (Lipinski definition) is 2. The average molecular weight is 299 g/mol. The van der Waals surface area contributed by atoms with Crippen molar-refractivity contribution in [1.82, 2.24) is 0 Å².